The van der Waals surface area contributed by atoms with E-state index in [1.807, 2.05) is 84.9 Å². The number of hydrogen-bond acceptors (Lipinski definition) is 3. The number of carbonyl (C=O) groups is 1. The number of hydrazine groups is 1. The Bertz CT molecular complexity index is 1560. The number of H-pyrrole nitrogens is 1. The molecule has 1 amide bonds. The highest BCUT2D eigenvalue weighted by atomic mass is 79.9. The number of hydrogen-bond donors (Lipinski definition) is 3. The number of nitrogens with zero attached hydrogens (tertiary/aromatic N) is 1. The van der Waals surface area contributed by atoms with Crippen molar-refractivity contribution in [2.75, 3.05) is 19.6 Å². The first-order valence-electron chi connectivity index (χ1n) is 13.2. The molecule has 192 valence electrons. The molecule has 3 aromatic carbocycles. The van der Waals surface area contributed by atoms with Crippen molar-refractivity contribution in [3.63, 3.8) is 0 Å². The monoisotopic (exact) mass is 569 g/mol. The maximum absolute atomic E-state index is 13.7. The molecule has 2 aliphatic rings. The molecular weight excluding hydrogens is 540 g/mol. The van der Waals surface area contributed by atoms with E-state index in [0.29, 0.717) is 17.8 Å². The molecule has 0 aliphatic carbocycles. The van der Waals surface area contributed by atoms with Crippen LogP contribution in [0.5, 0.6) is 0 Å². The van der Waals surface area contributed by atoms with Gasteiger partial charge in [0.05, 0.1) is 30.4 Å². The molecule has 0 bridgehead atoms. The van der Waals surface area contributed by atoms with E-state index in [1.165, 1.54) is 11.3 Å². The minimum absolute atomic E-state index is 0.0308. The summed E-state index contributed by atoms with van der Waals surface area (Å²) in [5.74, 6) is 0.0308. The van der Waals surface area contributed by atoms with Gasteiger partial charge in [-0.15, -0.1) is 0 Å². The van der Waals surface area contributed by atoms with Gasteiger partial charge in [0.15, 0.2) is 6.54 Å². The average Bonchev–Trinajstić information content (AvgIpc) is 3.39. The smallest absolute Gasteiger partial charge is 0.296 e. The molecule has 4 aromatic rings. The third kappa shape index (κ3) is 4.79. The summed E-state index contributed by atoms with van der Waals surface area (Å²) in [6, 6.07) is 25.5. The van der Waals surface area contributed by atoms with E-state index < -0.39 is 0 Å². The van der Waals surface area contributed by atoms with Crippen LogP contribution in [0.25, 0.3) is 27.7 Å². The van der Waals surface area contributed by atoms with E-state index in [1.54, 1.807) is 5.01 Å². The second-order valence-electron chi connectivity index (χ2n) is 10.1. The summed E-state index contributed by atoms with van der Waals surface area (Å²) < 4.78 is 0.928. The largest absolute Gasteiger partial charge is 0.327 e. The number of halogens is 1. The average molecular weight is 571 g/mol. The summed E-state index contributed by atoms with van der Waals surface area (Å²) in [5.41, 5.74) is 7.90. The van der Waals surface area contributed by atoms with Crippen LogP contribution in [0.15, 0.2) is 94.2 Å². The van der Waals surface area contributed by atoms with Crippen molar-refractivity contribution in [2.24, 2.45) is 0 Å². The Morgan fingerprint density at radius 1 is 0.921 bits per heavy atom. The van der Waals surface area contributed by atoms with Crippen LogP contribution < -0.4 is 15.9 Å². The van der Waals surface area contributed by atoms with Crippen molar-refractivity contribution >= 4 is 38.4 Å². The number of nitrogens with one attached hydrogen (secondary N) is 3. The van der Waals surface area contributed by atoms with Crippen LogP contribution in [0.4, 0.5) is 0 Å². The molecule has 1 fully saturated rings. The van der Waals surface area contributed by atoms with Crippen molar-refractivity contribution in [3.05, 3.63) is 111 Å². The first kappa shape index (κ1) is 24.6. The number of benzene rings is 3. The zero-order valence-electron chi connectivity index (χ0n) is 21.0. The van der Waals surface area contributed by atoms with Crippen LogP contribution in [-0.2, 0) is 4.79 Å². The predicted octanol–water partition coefficient (Wildman–Crippen LogP) is 4.46. The SMILES string of the molecule is O=C(C[NH+]1CCCCC1)N1NC(c2c(-c3ccccc3)c3cc(Br)ccc3[nH]c2=O)=C[C@@H]1c1ccccc1. The molecule has 1 aromatic heterocycles. The van der Waals surface area contributed by atoms with Gasteiger partial charge in [-0.3, -0.25) is 15.0 Å². The predicted molar refractivity (Wildman–Crippen MR) is 154 cm³/mol. The van der Waals surface area contributed by atoms with E-state index in [2.05, 4.69) is 26.3 Å². The number of aromatic nitrogens is 1. The van der Waals surface area contributed by atoms with E-state index >= 15 is 0 Å². The van der Waals surface area contributed by atoms with E-state index in [0.717, 1.165) is 58.0 Å². The number of amides is 1. The van der Waals surface area contributed by atoms with Crippen LogP contribution >= 0.6 is 15.9 Å². The van der Waals surface area contributed by atoms with Gasteiger partial charge in [0.25, 0.3) is 11.5 Å². The maximum Gasteiger partial charge on any atom is 0.296 e. The second-order valence-corrected chi connectivity index (χ2v) is 11.0. The van der Waals surface area contributed by atoms with Gasteiger partial charge in [-0.25, -0.2) is 5.01 Å². The fraction of sp³-hybridized carbons (Fsp3) is 0.226. The fourth-order valence-corrected chi connectivity index (χ4v) is 6.04. The molecule has 38 heavy (non-hydrogen) atoms. The Kier molecular flexibility index (Phi) is 6.87. The van der Waals surface area contributed by atoms with Gasteiger partial charge in [0, 0.05) is 20.9 Å². The number of rotatable bonds is 5. The topological polar surface area (TPSA) is 69.6 Å². The number of carbonyl (C=O) groups excluding carboxylic acids is 1. The van der Waals surface area contributed by atoms with Crippen molar-refractivity contribution in [1.29, 1.82) is 0 Å². The Morgan fingerprint density at radius 2 is 1.63 bits per heavy atom. The summed E-state index contributed by atoms with van der Waals surface area (Å²) >= 11 is 3.60. The molecule has 1 atom stereocenters. The van der Waals surface area contributed by atoms with Crippen LogP contribution in [0.1, 0.15) is 36.4 Å². The Labute approximate surface area is 230 Å². The Hall–Kier alpha value is -3.68. The molecule has 0 saturated carbocycles. The number of quaternary nitrogens is 1. The Balaban J connectivity index is 1.48. The zero-order chi connectivity index (χ0) is 26.1. The number of pyridine rings is 1. The van der Waals surface area contributed by atoms with Gasteiger partial charge in [-0.2, -0.15) is 0 Å². The minimum atomic E-state index is -0.316. The molecule has 6 rings (SSSR count). The van der Waals surface area contributed by atoms with Crippen molar-refractivity contribution in [2.45, 2.75) is 25.3 Å². The molecule has 6 nitrogen and oxygen atoms in total. The summed E-state index contributed by atoms with van der Waals surface area (Å²) in [6.07, 6.45) is 5.56. The highest BCUT2D eigenvalue weighted by Gasteiger charge is 2.35. The highest BCUT2D eigenvalue weighted by molar-refractivity contribution is 9.10. The normalized spacial score (nSPS) is 17.9. The quantitative estimate of drug-likeness (QED) is 0.332. The second kappa shape index (κ2) is 10.6. The number of likely N-dealkylation sites (tertiary alicyclic amines) is 1. The molecule has 0 unspecified atom stereocenters. The van der Waals surface area contributed by atoms with Crippen molar-refractivity contribution in [1.82, 2.24) is 15.4 Å². The molecule has 1 saturated heterocycles. The lowest BCUT2D eigenvalue weighted by Gasteiger charge is -2.29. The van der Waals surface area contributed by atoms with Gasteiger partial charge in [0.1, 0.15) is 0 Å². The molecule has 0 spiro atoms. The Morgan fingerprint density at radius 3 is 2.37 bits per heavy atom. The fourth-order valence-electron chi connectivity index (χ4n) is 5.68. The lowest BCUT2D eigenvalue weighted by Crippen LogP contribution is -3.14. The van der Waals surface area contributed by atoms with E-state index in [-0.39, 0.29) is 17.5 Å². The summed E-state index contributed by atoms with van der Waals surface area (Å²) in [6.45, 7) is 2.48. The first-order valence-corrected chi connectivity index (χ1v) is 14.0. The van der Waals surface area contributed by atoms with Crippen LogP contribution in [0, 0.1) is 0 Å². The molecular formula is C31H30BrN4O2+. The summed E-state index contributed by atoms with van der Waals surface area (Å²) in [4.78, 5) is 31.8. The summed E-state index contributed by atoms with van der Waals surface area (Å²) in [7, 11) is 0. The van der Waals surface area contributed by atoms with Gasteiger partial charge in [0.2, 0.25) is 0 Å². The van der Waals surface area contributed by atoms with Gasteiger partial charge in [-0.05, 0) is 54.7 Å². The number of aromatic amines is 1. The number of fused-ring (bicyclic) bond motifs is 1. The van der Waals surface area contributed by atoms with Gasteiger partial charge in [-0.1, -0.05) is 76.6 Å². The maximum atomic E-state index is 13.7. The van der Waals surface area contributed by atoms with E-state index in [4.69, 9.17) is 0 Å². The molecule has 2 aliphatic heterocycles. The lowest BCUT2D eigenvalue weighted by molar-refractivity contribution is -0.897. The van der Waals surface area contributed by atoms with Crippen LogP contribution in [0.2, 0.25) is 0 Å². The summed E-state index contributed by atoms with van der Waals surface area (Å²) in [5, 5.41) is 2.65. The van der Waals surface area contributed by atoms with Crippen LogP contribution in [-0.4, -0.2) is 35.5 Å². The standard InChI is InChI=1S/C31H29BrN4O2/c32-23-14-15-25-24(18-23)29(22-12-6-2-7-13-22)30(31(38)33-25)26-19-27(21-10-4-1-5-11-21)36(34-26)28(37)20-35-16-8-3-9-17-35/h1-2,4-7,10-15,18-19,27,34H,3,8-9,16-17,20H2,(H,33,38)/p+1/t27-/m1/s1. The van der Waals surface area contributed by atoms with E-state index in [9.17, 15) is 9.59 Å². The van der Waals surface area contributed by atoms with Crippen molar-refractivity contribution in [3.8, 4) is 11.1 Å². The third-order valence-electron chi connectivity index (χ3n) is 7.52. The lowest BCUT2D eigenvalue weighted by atomic mass is 9.94. The van der Waals surface area contributed by atoms with Gasteiger partial charge >= 0.3 is 0 Å². The highest BCUT2D eigenvalue weighted by Crippen LogP contribution is 2.37. The molecule has 0 radical (unpaired) electrons. The van der Waals surface area contributed by atoms with Crippen molar-refractivity contribution < 1.29 is 9.69 Å². The molecule has 3 N–H and O–H groups in total. The first-order chi connectivity index (χ1) is 18.6. The number of piperidine rings is 1. The molecule has 7 heteroatoms. The van der Waals surface area contributed by atoms with Gasteiger partial charge < -0.3 is 9.88 Å². The molecule has 3 heterocycles. The third-order valence-corrected chi connectivity index (χ3v) is 8.02. The van der Waals surface area contributed by atoms with Crippen LogP contribution in [0.3, 0.4) is 0 Å². The minimum Gasteiger partial charge on any atom is -0.327 e. The zero-order valence-corrected chi connectivity index (χ0v) is 22.6.